The quantitative estimate of drug-likeness (QED) is 0.552. The number of ether oxygens (including phenoxy) is 2. The molecule has 2 unspecified atom stereocenters. The van der Waals surface area contributed by atoms with Gasteiger partial charge in [-0.1, -0.05) is 22.9 Å². The van der Waals surface area contributed by atoms with Crippen LogP contribution in [0.5, 0.6) is 0 Å². The van der Waals surface area contributed by atoms with Gasteiger partial charge in [0.25, 0.3) is 0 Å². The lowest BCUT2D eigenvalue weighted by molar-refractivity contribution is -0.172. The van der Waals surface area contributed by atoms with Crippen LogP contribution in [0.3, 0.4) is 0 Å². The van der Waals surface area contributed by atoms with Crippen LogP contribution in [-0.2, 0) is 9.47 Å². The van der Waals surface area contributed by atoms with Gasteiger partial charge in [0.05, 0.1) is 6.61 Å². The van der Waals surface area contributed by atoms with E-state index in [0.717, 1.165) is 37.3 Å². The second kappa shape index (κ2) is 5.95. The Hall–Kier alpha value is 0.400. The zero-order valence-electron chi connectivity index (χ0n) is 7.59. The van der Waals surface area contributed by atoms with E-state index in [0.29, 0.717) is 0 Å². The molecule has 1 fully saturated rings. The zero-order chi connectivity index (χ0) is 8.81. The topological polar surface area (TPSA) is 18.5 Å². The molecule has 1 saturated heterocycles. The van der Waals surface area contributed by atoms with Crippen molar-refractivity contribution in [3.05, 3.63) is 0 Å². The average molecular weight is 237 g/mol. The predicted octanol–water partition coefficient (Wildman–Crippen LogP) is 2.56. The molecular weight excluding hydrogens is 220 g/mol. The first kappa shape index (κ1) is 10.5. The lowest BCUT2D eigenvalue weighted by Gasteiger charge is -2.27. The molecule has 0 aliphatic carbocycles. The number of hydrogen-bond donors (Lipinski definition) is 0. The van der Waals surface area contributed by atoms with Gasteiger partial charge < -0.3 is 9.47 Å². The smallest absolute Gasteiger partial charge is 0.157 e. The molecule has 0 saturated carbocycles. The molecule has 0 bridgehead atoms. The number of alkyl halides is 1. The first-order chi connectivity index (χ1) is 5.83. The third-order valence-electron chi connectivity index (χ3n) is 2.09. The summed E-state index contributed by atoms with van der Waals surface area (Å²) >= 11 is 3.37. The van der Waals surface area contributed by atoms with Crippen molar-refractivity contribution in [2.45, 2.75) is 32.5 Å². The fourth-order valence-electron chi connectivity index (χ4n) is 1.30. The van der Waals surface area contributed by atoms with Crippen LogP contribution in [0, 0.1) is 5.92 Å². The monoisotopic (exact) mass is 236 g/mol. The van der Waals surface area contributed by atoms with E-state index in [1.54, 1.807) is 0 Å². The van der Waals surface area contributed by atoms with Crippen molar-refractivity contribution in [1.29, 1.82) is 0 Å². The molecule has 1 aliphatic heterocycles. The lowest BCUT2D eigenvalue weighted by atomic mass is 10.0. The minimum atomic E-state index is 0.0628. The van der Waals surface area contributed by atoms with E-state index in [2.05, 4.69) is 22.9 Å². The van der Waals surface area contributed by atoms with Crippen LogP contribution in [-0.4, -0.2) is 24.8 Å². The summed E-state index contributed by atoms with van der Waals surface area (Å²) in [6, 6.07) is 0. The van der Waals surface area contributed by atoms with E-state index in [1.165, 1.54) is 6.42 Å². The third kappa shape index (κ3) is 3.87. The normalized spacial score (nSPS) is 30.5. The highest BCUT2D eigenvalue weighted by atomic mass is 79.9. The third-order valence-corrected chi connectivity index (χ3v) is 2.65. The van der Waals surface area contributed by atoms with Gasteiger partial charge in [-0.15, -0.1) is 0 Å². The van der Waals surface area contributed by atoms with Crippen molar-refractivity contribution in [1.82, 2.24) is 0 Å². The van der Waals surface area contributed by atoms with Crippen LogP contribution in [0.25, 0.3) is 0 Å². The number of halogens is 1. The van der Waals surface area contributed by atoms with Crippen LogP contribution in [0.15, 0.2) is 0 Å². The molecular formula is C9H17BrO2. The zero-order valence-corrected chi connectivity index (χ0v) is 9.18. The van der Waals surface area contributed by atoms with Crippen molar-refractivity contribution in [3.63, 3.8) is 0 Å². The summed E-state index contributed by atoms with van der Waals surface area (Å²) in [7, 11) is 0. The molecule has 72 valence electrons. The summed E-state index contributed by atoms with van der Waals surface area (Å²) in [6.45, 7) is 3.92. The van der Waals surface area contributed by atoms with Crippen LogP contribution in [0.2, 0.25) is 0 Å². The van der Waals surface area contributed by atoms with Crippen LogP contribution in [0.4, 0.5) is 0 Å². The fraction of sp³-hybridized carbons (Fsp3) is 1.00. The molecule has 0 amide bonds. The van der Waals surface area contributed by atoms with E-state index >= 15 is 0 Å². The van der Waals surface area contributed by atoms with Gasteiger partial charge in [0.1, 0.15) is 0 Å². The van der Waals surface area contributed by atoms with E-state index in [-0.39, 0.29) is 6.29 Å². The Morgan fingerprint density at radius 1 is 1.58 bits per heavy atom. The molecule has 0 N–H and O–H groups in total. The summed E-state index contributed by atoms with van der Waals surface area (Å²) in [5, 5.41) is 1.01. The minimum absolute atomic E-state index is 0.0628. The molecule has 0 aromatic heterocycles. The summed E-state index contributed by atoms with van der Waals surface area (Å²) in [4.78, 5) is 0. The molecule has 0 aromatic rings. The molecule has 1 heterocycles. The predicted molar refractivity (Wildman–Crippen MR) is 52.5 cm³/mol. The molecule has 1 rings (SSSR count). The molecule has 3 heteroatoms. The van der Waals surface area contributed by atoms with Crippen molar-refractivity contribution in [2.24, 2.45) is 5.92 Å². The first-order valence-corrected chi connectivity index (χ1v) is 5.74. The Balaban J connectivity index is 2.06. The summed E-state index contributed by atoms with van der Waals surface area (Å²) in [5.41, 5.74) is 0. The molecule has 1 aliphatic rings. The SMILES string of the molecule is CC1CCOC(OCCCBr)C1. The average Bonchev–Trinajstić information content (AvgIpc) is 2.05. The highest BCUT2D eigenvalue weighted by molar-refractivity contribution is 9.09. The molecule has 2 nitrogen and oxygen atoms in total. The van der Waals surface area contributed by atoms with Crippen molar-refractivity contribution >= 4 is 15.9 Å². The second-order valence-electron chi connectivity index (χ2n) is 3.34. The molecule has 0 radical (unpaired) electrons. The van der Waals surface area contributed by atoms with E-state index in [4.69, 9.17) is 9.47 Å². The first-order valence-electron chi connectivity index (χ1n) is 4.62. The minimum Gasteiger partial charge on any atom is -0.353 e. The van der Waals surface area contributed by atoms with E-state index in [9.17, 15) is 0 Å². The molecule has 0 aromatic carbocycles. The second-order valence-corrected chi connectivity index (χ2v) is 4.14. The van der Waals surface area contributed by atoms with Crippen LogP contribution >= 0.6 is 15.9 Å². The van der Waals surface area contributed by atoms with Gasteiger partial charge in [-0.05, 0) is 18.8 Å². The van der Waals surface area contributed by atoms with Crippen LogP contribution < -0.4 is 0 Å². The Labute approximate surface area is 82.7 Å². The summed E-state index contributed by atoms with van der Waals surface area (Å²) < 4.78 is 11.0. The lowest BCUT2D eigenvalue weighted by Crippen LogP contribution is -2.27. The Bertz CT molecular complexity index is 119. The summed E-state index contributed by atoms with van der Waals surface area (Å²) in [5.74, 6) is 0.757. The van der Waals surface area contributed by atoms with Gasteiger partial charge in [0.2, 0.25) is 0 Å². The summed E-state index contributed by atoms with van der Waals surface area (Å²) in [6.07, 6.45) is 3.36. The molecule has 0 spiro atoms. The van der Waals surface area contributed by atoms with Gasteiger partial charge >= 0.3 is 0 Å². The van der Waals surface area contributed by atoms with Gasteiger partial charge in [-0.2, -0.15) is 0 Å². The van der Waals surface area contributed by atoms with Crippen molar-refractivity contribution in [3.8, 4) is 0 Å². The van der Waals surface area contributed by atoms with Crippen molar-refractivity contribution < 1.29 is 9.47 Å². The van der Waals surface area contributed by atoms with Gasteiger partial charge in [0, 0.05) is 18.4 Å². The molecule has 12 heavy (non-hydrogen) atoms. The standard InChI is InChI=1S/C9H17BrO2/c1-8-3-6-12-9(7-8)11-5-2-4-10/h8-9H,2-7H2,1H3. The number of rotatable bonds is 4. The van der Waals surface area contributed by atoms with Gasteiger partial charge in [-0.25, -0.2) is 0 Å². The largest absolute Gasteiger partial charge is 0.353 e. The molecule has 2 atom stereocenters. The Kier molecular flexibility index (Phi) is 5.19. The number of hydrogen-bond acceptors (Lipinski definition) is 2. The maximum Gasteiger partial charge on any atom is 0.157 e. The van der Waals surface area contributed by atoms with E-state index < -0.39 is 0 Å². The van der Waals surface area contributed by atoms with Crippen LogP contribution in [0.1, 0.15) is 26.2 Å². The fourth-order valence-corrected chi connectivity index (χ4v) is 1.53. The maximum absolute atomic E-state index is 5.54. The highest BCUT2D eigenvalue weighted by Gasteiger charge is 2.19. The van der Waals surface area contributed by atoms with Gasteiger partial charge in [0.15, 0.2) is 6.29 Å². The van der Waals surface area contributed by atoms with E-state index in [1.807, 2.05) is 0 Å². The highest BCUT2D eigenvalue weighted by Crippen LogP contribution is 2.20. The Morgan fingerprint density at radius 3 is 3.08 bits per heavy atom. The Morgan fingerprint density at radius 2 is 2.42 bits per heavy atom. The van der Waals surface area contributed by atoms with Gasteiger partial charge in [-0.3, -0.25) is 0 Å². The van der Waals surface area contributed by atoms with Crippen molar-refractivity contribution in [2.75, 3.05) is 18.5 Å². The maximum atomic E-state index is 5.54.